The van der Waals surface area contributed by atoms with Gasteiger partial charge in [-0.3, -0.25) is 9.59 Å². The number of rotatable bonds is 8. The number of esters is 1. The molecule has 0 bridgehead atoms. The summed E-state index contributed by atoms with van der Waals surface area (Å²) in [5.41, 5.74) is 1.29. The third-order valence-electron chi connectivity index (χ3n) is 3.32. The first-order valence-electron chi connectivity index (χ1n) is 7.78. The fourth-order valence-corrected chi connectivity index (χ4v) is 2.13. The van der Waals surface area contributed by atoms with Crippen molar-refractivity contribution in [2.24, 2.45) is 0 Å². The average Bonchev–Trinajstić information content (AvgIpc) is 3.08. The van der Waals surface area contributed by atoms with Crippen molar-refractivity contribution in [2.45, 2.75) is 32.6 Å². The molecular weight excluding hydrogens is 310 g/mol. The Morgan fingerprint density at radius 3 is 2.79 bits per heavy atom. The Bertz CT molecular complexity index is 683. The molecule has 0 radical (unpaired) electrons. The van der Waals surface area contributed by atoms with Crippen molar-refractivity contribution in [3.05, 3.63) is 36.4 Å². The lowest BCUT2D eigenvalue weighted by Gasteiger charge is -2.14. The fourth-order valence-electron chi connectivity index (χ4n) is 2.13. The lowest BCUT2D eigenvalue weighted by atomic mass is 10.2. The molecule has 0 aliphatic carbocycles. The highest BCUT2D eigenvalue weighted by molar-refractivity contribution is 5.93. The van der Waals surface area contributed by atoms with E-state index in [0.29, 0.717) is 30.7 Å². The van der Waals surface area contributed by atoms with Crippen LogP contribution in [0.2, 0.25) is 0 Å². The van der Waals surface area contributed by atoms with Crippen molar-refractivity contribution in [2.75, 3.05) is 12.4 Å². The number of amides is 1. The largest absolute Gasteiger partial charge is 0.493 e. The van der Waals surface area contributed by atoms with Gasteiger partial charge in [0.2, 0.25) is 5.91 Å². The van der Waals surface area contributed by atoms with Gasteiger partial charge in [0.25, 0.3) is 0 Å². The summed E-state index contributed by atoms with van der Waals surface area (Å²) in [5.74, 6) is 0.0692. The summed E-state index contributed by atoms with van der Waals surface area (Å²) in [4.78, 5) is 30.8. The minimum Gasteiger partial charge on any atom is -0.493 e. The Labute approximate surface area is 140 Å². The predicted octanol–water partition coefficient (Wildman–Crippen LogP) is 2.70. The molecule has 0 spiro atoms. The van der Waals surface area contributed by atoms with E-state index in [1.54, 1.807) is 30.7 Å². The zero-order chi connectivity index (χ0) is 17.4. The van der Waals surface area contributed by atoms with Crippen LogP contribution in [0, 0.1) is 0 Å². The number of ether oxygens (including phenoxy) is 2. The molecule has 0 unspecified atom stereocenters. The Balaban J connectivity index is 2.07. The van der Waals surface area contributed by atoms with Gasteiger partial charge in [0.05, 0.1) is 19.1 Å². The maximum atomic E-state index is 12.1. The molecule has 0 fully saturated rings. The lowest BCUT2D eigenvalue weighted by Crippen LogP contribution is -2.15. The number of carbonyl (C=O) groups excluding carboxylic acids is 2. The first kappa shape index (κ1) is 17.5. The Kier molecular flexibility index (Phi) is 6.36. The van der Waals surface area contributed by atoms with Crippen molar-refractivity contribution in [3.63, 3.8) is 0 Å². The van der Waals surface area contributed by atoms with Gasteiger partial charge in [-0.25, -0.2) is 4.98 Å². The average molecular weight is 331 g/mol. The van der Waals surface area contributed by atoms with Gasteiger partial charge in [-0.1, -0.05) is 13.0 Å². The number of hydrogen-bond acceptors (Lipinski definition) is 5. The van der Waals surface area contributed by atoms with Crippen LogP contribution in [0.4, 0.5) is 5.69 Å². The van der Waals surface area contributed by atoms with Gasteiger partial charge in [0.15, 0.2) is 11.5 Å². The van der Waals surface area contributed by atoms with Gasteiger partial charge in [-0.2, -0.15) is 0 Å². The summed E-state index contributed by atoms with van der Waals surface area (Å²) in [6, 6.07) is 5.07. The van der Waals surface area contributed by atoms with Gasteiger partial charge in [0, 0.05) is 24.7 Å². The third kappa shape index (κ3) is 4.84. The molecule has 2 rings (SSSR count). The number of aryl methyl sites for hydroxylation is 1. The molecule has 0 atom stereocenters. The second-order valence-corrected chi connectivity index (χ2v) is 5.19. The minimum atomic E-state index is -0.366. The molecule has 1 amide bonds. The van der Waals surface area contributed by atoms with E-state index in [4.69, 9.17) is 9.47 Å². The normalized spacial score (nSPS) is 10.2. The molecule has 0 saturated carbocycles. The van der Waals surface area contributed by atoms with Crippen LogP contribution >= 0.6 is 0 Å². The number of imidazole rings is 1. The highest BCUT2D eigenvalue weighted by atomic mass is 16.6. The van der Waals surface area contributed by atoms with Gasteiger partial charge in [-0.15, -0.1) is 0 Å². The van der Waals surface area contributed by atoms with E-state index in [9.17, 15) is 9.59 Å². The van der Waals surface area contributed by atoms with Crippen molar-refractivity contribution in [1.29, 1.82) is 0 Å². The van der Waals surface area contributed by atoms with E-state index < -0.39 is 0 Å². The molecule has 1 aromatic heterocycles. The number of H-pyrrole nitrogens is 1. The zero-order valence-electron chi connectivity index (χ0n) is 13.8. The van der Waals surface area contributed by atoms with Gasteiger partial charge in [0.1, 0.15) is 0 Å². The number of aromatic nitrogens is 2. The van der Waals surface area contributed by atoms with Crippen molar-refractivity contribution in [3.8, 4) is 11.5 Å². The number of carbonyl (C=O) groups is 2. The molecule has 128 valence electrons. The highest BCUT2D eigenvalue weighted by Crippen LogP contribution is 2.35. The quantitative estimate of drug-likeness (QED) is 0.573. The molecule has 7 heteroatoms. The molecule has 1 aromatic carbocycles. The topological polar surface area (TPSA) is 93.3 Å². The SMILES string of the molecule is CCCC(=O)Oc1c(NC(=O)CCc2cnc[nH]2)cccc1OC. The molecule has 24 heavy (non-hydrogen) atoms. The van der Waals surface area contributed by atoms with Crippen molar-refractivity contribution >= 4 is 17.6 Å². The Hall–Kier alpha value is -2.83. The van der Waals surface area contributed by atoms with Crippen LogP contribution in [-0.4, -0.2) is 29.0 Å². The van der Waals surface area contributed by atoms with Crippen molar-refractivity contribution in [1.82, 2.24) is 9.97 Å². The number of nitrogens with zero attached hydrogens (tertiary/aromatic N) is 1. The van der Waals surface area contributed by atoms with Crippen molar-refractivity contribution < 1.29 is 19.1 Å². The number of para-hydroxylation sites is 1. The number of hydrogen-bond donors (Lipinski definition) is 2. The summed E-state index contributed by atoms with van der Waals surface area (Å²) >= 11 is 0. The number of nitrogens with one attached hydrogen (secondary N) is 2. The molecule has 0 saturated heterocycles. The second kappa shape index (κ2) is 8.71. The maximum absolute atomic E-state index is 12.1. The standard InChI is InChI=1S/C17H21N3O4/c1-3-5-16(22)24-17-13(6-4-7-14(17)23-2)20-15(21)9-8-12-10-18-11-19-12/h4,6-7,10-11H,3,5,8-9H2,1-2H3,(H,18,19)(H,20,21). The van der Waals surface area contributed by atoms with Crippen LogP contribution in [0.25, 0.3) is 0 Å². The molecule has 0 aliphatic rings. The Morgan fingerprint density at radius 2 is 2.12 bits per heavy atom. The Morgan fingerprint density at radius 1 is 1.29 bits per heavy atom. The van der Waals surface area contributed by atoms with Gasteiger partial charge in [-0.05, 0) is 25.0 Å². The van der Waals surface area contributed by atoms with E-state index in [1.165, 1.54) is 7.11 Å². The summed E-state index contributed by atoms with van der Waals surface area (Å²) in [7, 11) is 1.48. The van der Waals surface area contributed by atoms with Crippen LogP contribution in [0.1, 0.15) is 31.9 Å². The van der Waals surface area contributed by atoms with Crippen LogP contribution in [0.15, 0.2) is 30.7 Å². The summed E-state index contributed by atoms with van der Waals surface area (Å²) in [6.45, 7) is 1.89. The molecular formula is C17H21N3O4. The zero-order valence-corrected chi connectivity index (χ0v) is 13.8. The predicted molar refractivity (Wildman–Crippen MR) is 89.1 cm³/mol. The van der Waals surface area contributed by atoms with Gasteiger partial charge >= 0.3 is 5.97 Å². The van der Waals surface area contributed by atoms with Crippen LogP contribution < -0.4 is 14.8 Å². The molecule has 0 aliphatic heterocycles. The van der Waals surface area contributed by atoms with Crippen LogP contribution in [0.3, 0.4) is 0 Å². The smallest absolute Gasteiger partial charge is 0.311 e. The monoisotopic (exact) mass is 331 g/mol. The molecule has 2 N–H and O–H groups in total. The molecule has 2 aromatic rings. The van der Waals surface area contributed by atoms with E-state index in [-0.39, 0.29) is 24.0 Å². The van der Waals surface area contributed by atoms with Gasteiger partial charge < -0.3 is 19.8 Å². The maximum Gasteiger partial charge on any atom is 0.311 e. The van der Waals surface area contributed by atoms with E-state index in [2.05, 4.69) is 15.3 Å². The van der Waals surface area contributed by atoms with E-state index in [1.807, 2.05) is 6.92 Å². The number of aromatic amines is 1. The summed E-state index contributed by atoms with van der Waals surface area (Å²) in [6.07, 6.45) is 5.05. The number of benzene rings is 1. The third-order valence-corrected chi connectivity index (χ3v) is 3.32. The second-order valence-electron chi connectivity index (χ2n) is 5.19. The summed E-state index contributed by atoms with van der Waals surface area (Å²) in [5, 5.41) is 2.76. The van der Waals surface area contributed by atoms with E-state index in [0.717, 1.165) is 5.69 Å². The first-order chi connectivity index (χ1) is 11.6. The summed E-state index contributed by atoms with van der Waals surface area (Å²) < 4.78 is 10.6. The fraction of sp³-hybridized carbons (Fsp3) is 0.353. The van der Waals surface area contributed by atoms with Crippen LogP contribution in [0.5, 0.6) is 11.5 Å². The number of anilines is 1. The molecule has 7 nitrogen and oxygen atoms in total. The van der Waals surface area contributed by atoms with E-state index >= 15 is 0 Å². The highest BCUT2D eigenvalue weighted by Gasteiger charge is 2.16. The first-order valence-corrected chi connectivity index (χ1v) is 7.78. The minimum absolute atomic E-state index is 0.189. The lowest BCUT2D eigenvalue weighted by molar-refractivity contribution is -0.134. The molecule has 1 heterocycles. The van der Waals surface area contributed by atoms with Crippen LogP contribution in [-0.2, 0) is 16.0 Å². The number of methoxy groups -OCH3 is 1.